The predicted molar refractivity (Wildman–Crippen MR) is 160 cm³/mol. The number of carbonyl (C=O) groups excluding carboxylic acids is 3. The molecule has 0 aliphatic heterocycles. The second-order valence-corrected chi connectivity index (χ2v) is 11.1. The van der Waals surface area contributed by atoms with Crippen molar-refractivity contribution < 1.29 is 33.8 Å². The maximum atomic E-state index is 13.0. The number of rotatable bonds is 11. The quantitative estimate of drug-likeness (QED) is 0.296. The van der Waals surface area contributed by atoms with Crippen LogP contribution >= 0.6 is 0 Å². The van der Waals surface area contributed by atoms with Crippen molar-refractivity contribution in [1.82, 2.24) is 20.4 Å². The molecule has 0 spiro atoms. The van der Waals surface area contributed by atoms with E-state index >= 15 is 0 Å². The Kier molecular flexibility index (Phi) is 9.99. The van der Waals surface area contributed by atoms with E-state index in [0.29, 0.717) is 0 Å². The van der Waals surface area contributed by atoms with Gasteiger partial charge in [0, 0.05) is 38.0 Å². The lowest BCUT2D eigenvalue weighted by Crippen LogP contribution is -2.44. The Balaban J connectivity index is 1.33. The molecule has 0 radical (unpaired) electrons. The number of nitrogens with zero attached hydrogens (tertiary/aromatic N) is 3. The molecular formula is C31H35N5O8. The molecule has 0 fully saturated rings. The first kappa shape index (κ1) is 31.7. The van der Waals surface area contributed by atoms with Crippen molar-refractivity contribution in [1.29, 1.82) is 0 Å². The summed E-state index contributed by atoms with van der Waals surface area (Å²) in [5.74, 6) is -1.90. The van der Waals surface area contributed by atoms with Crippen molar-refractivity contribution in [3.8, 4) is 11.1 Å². The molecule has 3 aromatic rings. The molecule has 44 heavy (non-hydrogen) atoms. The Morgan fingerprint density at radius 1 is 0.955 bits per heavy atom. The monoisotopic (exact) mass is 605 g/mol. The Labute approximate surface area is 253 Å². The summed E-state index contributed by atoms with van der Waals surface area (Å²) in [5, 5.41) is 18.0. The fourth-order valence-corrected chi connectivity index (χ4v) is 4.87. The number of aliphatic carboxylic acids is 1. The molecule has 0 atom stereocenters. The first-order valence-corrected chi connectivity index (χ1v) is 14.1. The molecule has 232 valence electrons. The van der Waals surface area contributed by atoms with Crippen LogP contribution in [0.1, 0.15) is 44.2 Å². The van der Waals surface area contributed by atoms with Gasteiger partial charge in [-0.25, -0.2) is 14.7 Å². The minimum absolute atomic E-state index is 0.0494. The number of hydrogen-bond acceptors (Lipinski definition) is 8. The average molecular weight is 606 g/mol. The highest BCUT2D eigenvalue weighted by atomic mass is 16.6. The van der Waals surface area contributed by atoms with Crippen LogP contribution in [0.25, 0.3) is 11.1 Å². The maximum absolute atomic E-state index is 13.0. The number of aromatic nitrogens is 2. The number of anilines is 1. The number of carboxylic acid groups (broad SMARTS) is 1. The SMILES string of the molecule is CC(C)(C)OC(=O)N(CCC(=O)N(CCNC(=O)OCC1c2ccccc2-c2ccccc21)CC(=O)O)c1ccc(=O)[nH]n1. The number of fused-ring (bicyclic) bond motifs is 3. The number of carboxylic acids is 1. The number of aromatic amines is 1. The van der Waals surface area contributed by atoms with Crippen molar-refractivity contribution in [2.75, 3.05) is 37.7 Å². The molecule has 4 rings (SSSR count). The summed E-state index contributed by atoms with van der Waals surface area (Å²) < 4.78 is 10.9. The topological polar surface area (TPSA) is 171 Å². The smallest absolute Gasteiger partial charge is 0.416 e. The molecule has 3 amide bonds. The summed E-state index contributed by atoms with van der Waals surface area (Å²) in [4.78, 5) is 63.5. The van der Waals surface area contributed by atoms with E-state index in [9.17, 15) is 29.1 Å². The van der Waals surface area contributed by atoms with E-state index in [0.717, 1.165) is 32.1 Å². The van der Waals surface area contributed by atoms with Crippen LogP contribution in [0, 0.1) is 0 Å². The van der Waals surface area contributed by atoms with Crippen LogP contribution in [-0.4, -0.2) is 82.7 Å². The number of alkyl carbamates (subject to hydrolysis) is 1. The lowest BCUT2D eigenvalue weighted by molar-refractivity contribution is -0.144. The molecule has 1 aliphatic carbocycles. The lowest BCUT2D eigenvalue weighted by atomic mass is 9.98. The van der Waals surface area contributed by atoms with Crippen LogP contribution in [0.15, 0.2) is 65.5 Å². The minimum Gasteiger partial charge on any atom is -0.480 e. The van der Waals surface area contributed by atoms with Gasteiger partial charge >= 0.3 is 18.2 Å². The highest BCUT2D eigenvalue weighted by Crippen LogP contribution is 2.44. The molecule has 13 heteroatoms. The van der Waals surface area contributed by atoms with Gasteiger partial charge in [0.1, 0.15) is 18.8 Å². The van der Waals surface area contributed by atoms with Gasteiger partial charge in [-0.3, -0.25) is 19.3 Å². The first-order valence-electron chi connectivity index (χ1n) is 14.1. The van der Waals surface area contributed by atoms with E-state index in [4.69, 9.17) is 9.47 Å². The standard InChI is InChI=1S/C31H35N5O8/c1-31(2,3)44-30(42)36(25-12-13-26(37)34-33-25)16-14-27(38)35(18-28(39)40)17-15-32-29(41)43-19-24-22-10-6-4-8-20(22)21-9-5-7-11-23(21)24/h4-13,24H,14-19H2,1-3H3,(H,32,41)(H,34,37)(H,39,40). The summed E-state index contributed by atoms with van der Waals surface area (Å²) in [5.41, 5.74) is 3.00. The van der Waals surface area contributed by atoms with Gasteiger partial charge < -0.3 is 24.8 Å². The van der Waals surface area contributed by atoms with Gasteiger partial charge in [0.2, 0.25) is 5.91 Å². The van der Waals surface area contributed by atoms with Crippen LogP contribution in [0.2, 0.25) is 0 Å². The molecule has 1 aliphatic rings. The van der Waals surface area contributed by atoms with Crippen molar-refractivity contribution >= 4 is 29.9 Å². The van der Waals surface area contributed by atoms with Crippen molar-refractivity contribution in [3.63, 3.8) is 0 Å². The third-order valence-corrected chi connectivity index (χ3v) is 6.78. The largest absolute Gasteiger partial charge is 0.480 e. The number of amides is 3. The van der Waals surface area contributed by atoms with E-state index in [2.05, 4.69) is 15.5 Å². The first-order chi connectivity index (χ1) is 20.9. The van der Waals surface area contributed by atoms with Crippen LogP contribution in [0.3, 0.4) is 0 Å². The number of carbonyl (C=O) groups is 4. The molecular weight excluding hydrogens is 570 g/mol. The second-order valence-electron chi connectivity index (χ2n) is 11.1. The van der Waals surface area contributed by atoms with E-state index in [-0.39, 0.29) is 44.4 Å². The molecule has 0 bridgehead atoms. The molecule has 0 saturated heterocycles. The van der Waals surface area contributed by atoms with Crippen LogP contribution in [0.4, 0.5) is 15.4 Å². The van der Waals surface area contributed by atoms with Gasteiger partial charge in [-0.15, -0.1) is 0 Å². The lowest BCUT2D eigenvalue weighted by Gasteiger charge is -2.27. The van der Waals surface area contributed by atoms with Gasteiger partial charge in [0.15, 0.2) is 5.82 Å². The van der Waals surface area contributed by atoms with Crippen LogP contribution in [0.5, 0.6) is 0 Å². The van der Waals surface area contributed by atoms with Gasteiger partial charge in [0.05, 0.1) is 0 Å². The summed E-state index contributed by atoms with van der Waals surface area (Å²) >= 11 is 0. The molecule has 1 aromatic heterocycles. The van der Waals surface area contributed by atoms with Crippen molar-refractivity contribution in [3.05, 3.63) is 82.1 Å². The van der Waals surface area contributed by atoms with E-state index < -0.39 is 41.8 Å². The molecule has 3 N–H and O–H groups in total. The zero-order chi connectivity index (χ0) is 31.9. The number of benzene rings is 2. The molecule has 0 saturated carbocycles. The van der Waals surface area contributed by atoms with Gasteiger partial charge in [-0.2, -0.15) is 5.10 Å². The summed E-state index contributed by atoms with van der Waals surface area (Å²) in [7, 11) is 0. The summed E-state index contributed by atoms with van der Waals surface area (Å²) in [6.07, 6.45) is -1.78. The zero-order valence-corrected chi connectivity index (χ0v) is 24.7. The zero-order valence-electron chi connectivity index (χ0n) is 24.7. The third kappa shape index (κ3) is 8.21. The number of nitrogens with one attached hydrogen (secondary N) is 2. The van der Waals surface area contributed by atoms with E-state index in [1.54, 1.807) is 20.8 Å². The van der Waals surface area contributed by atoms with Crippen molar-refractivity contribution in [2.45, 2.75) is 38.7 Å². The van der Waals surface area contributed by atoms with Gasteiger partial charge in [-0.1, -0.05) is 48.5 Å². The van der Waals surface area contributed by atoms with Crippen LogP contribution < -0.4 is 15.8 Å². The van der Waals surface area contributed by atoms with Crippen molar-refractivity contribution in [2.24, 2.45) is 0 Å². The molecule has 2 aromatic carbocycles. The summed E-state index contributed by atoms with van der Waals surface area (Å²) in [6.45, 7) is 4.13. The number of hydrogen-bond donors (Lipinski definition) is 3. The second kappa shape index (κ2) is 13.8. The van der Waals surface area contributed by atoms with E-state index in [1.165, 1.54) is 12.1 Å². The number of ether oxygens (including phenoxy) is 2. The Bertz CT molecular complexity index is 1520. The molecule has 13 nitrogen and oxygen atoms in total. The number of H-pyrrole nitrogens is 1. The fraction of sp³-hybridized carbons (Fsp3) is 0.355. The minimum atomic E-state index is -1.24. The third-order valence-electron chi connectivity index (χ3n) is 6.78. The normalized spacial score (nSPS) is 12.1. The highest BCUT2D eigenvalue weighted by Gasteiger charge is 2.29. The Hall–Kier alpha value is -5.20. The predicted octanol–water partition coefficient (Wildman–Crippen LogP) is 3.35. The molecule has 0 unspecified atom stereocenters. The van der Waals surface area contributed by atoms with E-state index in [1.807, 2.05) is 48.5 Å². The van der Waals surface area contributed by atoms with Crippen LogP contribution in [-0.2, 0) is 19.1 Å². The van der Waals surface area contributed by atoms with Gasteiger partial charge in [0.25, 0.3) is 5.56 Å². The highest BCUT2D eigenvalue weighted by molar-refractivity contribution is 5.88. The summed E-state index contributed by atoms with van der Waals surface area (Å²) in [6, 6.07) is 18.4. The van der Waals surface area contributed by atoms with Gasteiger partial charge in [-0.05, 0) is 49.1 Å². The average Bonchev–Trinajstić information content (AvgIpc) is 3.29. The Morgan fingerprint density at radius 2 is 1.59 bits per heavy atom. The fourth-order valence-electron chi connectivity index (χ4n) is 4.87. The maximum Gasteiger partial charge on any atom is 0.416 e. The molecule has 1 heterocycles. The Morgan fingerprint density at radius 3 is 2.16 bits per heavy atom.